The summed E-state index contributed by atoms with van der Waals surface area (Å²) in [6.45, 7) is 1.29. The van der Waals surface area contributed by atoms with Crippen molar-refractivity contribution in [3.8, 4) is 0 Å². The van der Waals surface area contributed by atoms with Crippen LogP contribution in [0, 0.1) is 0 Å². The van der Waals surface area contributed by atoms with Crippen LogP contribution in [0.1, 0.15) is 6.42 Å². The molecular formula is C5H13NO4P+. The van der Waals surface area contributed by atoms with Gasteiger partial charge < -0.3 is 10.8 Å². The zero-order valence-electron chi connectivity index (χ0n) is 6.27. The Hall–Kier alpha value is -0.220. The number of carbonyl (C=O) groups is 1. The highest BCUT2D eigenvalue weighted by molar-refractivity contribution is 7.63. The molecule has 0 heterocycles. The largest absolute Gasteiger partial charge is 0.480 e. The number of nitrogens with two attached hydrogens (primary N) is 1. The van der Waals surface area contributed by atoms with Crippen LogP contribution in [0.2, 0.25) is 0 Å². The Morgan fingerprint density at radius 3 is 2.36 bits per heavy atom. The number of carboxylic acid groups (broad SMARTS) is 1. The molecule has 5 N–H and O–H groups in total. The van der Waals surface area contributed by atoms with E-state index in [1.165, 1.54) is 6.66 Å². The zero-order valence-corrected chi connectivity index (χ0v) is 7.16. The number of carboxylic acids is 1. The van der Waals surface area contributed by atoms with Crippen molar-refractivity contribution in [2.45, 2.75) is 12.5 Å². The number of hydrogen-bond acceptors (Lipinski definition) is 4. The molecule has 0 amide bonds. The molecule has 1 atom stereocenters. The van der Waals surface area contributed by atoms with E-state index in [0.717, 1.165) is 0 Å². The molecule has 0 saturated carbocycles. The van der Waals surface area contributed by atoms with Gasteiger partial charge in [0.15, 0.2) is 0 Å². The van der Waals surface area contributed by atoms with Crippen LogP contribution in [0.3, 0.4) is 0 Å². The third-order valence-corrected chi connectivity index (χ3v) is 2.29. The van der Waals surface area contributed by atoms with Crippen molar-refractivity contribution in [3.63, 3.8) is 0 Å². The summed E-state index contributed by atoms with van der Waals surface area (Å²) < 4.78 is 0. The van der Waals surface area contributed by atoms with Crippen LogP contribution in [0.15, 0.2) is 0 Å². The van der Waals surface area contributed by atoms with Gasteiger partial charge in [0.1, 0.15) is 18.9 Å². The van der Waals surface area contributed by atoms with Gasteiger partial charge in [-0.15, -0.1) is 0 Å². The summed E-state index contributed by atoms with van der Waals surface area (Å²) >= 11 is 0. The van der Waals surface area contributed by atoms with Crippen LogP contribution in [0.25, 0.3) is 0 Å². The molecule has 0 rings (SSSR count). The van der Waals surface area contributed by atoms with Crippen molar-refractivity contribution >= 4 is 13.7 Å². The minimum Gasteiger partial charge on any atom is -0.480 e. The van der Waals surface area contributed by atoms with Gasteiger partial charge in [0, 0.05) is 6.42 Å². The Morgan fingerprint density at radius 2 is 2.09 bits per heavy atom. The molecule has 0 fully saturated rings. The Kier molecular flexibility index (Phi) is 3.89. The van der Waals surface area contributed by atoms with Crippen LogP contribution in [-0.2, 0) is 4.79 Å². The maximum Gasteiger partial charge on any atom is 0.320 e. The Labute approximate surface area is 65.3 Å². The van der Waals surface area contributed by atoms with E-state index in [1.807, 2.05) is 0 Å². The average molecular weight is 182 g/mol. The van der Waals surface area contributed by atoms with Gasteiger partial charge >= 0.3 is 5.97 Å². The van der Waals surface area contributed by atoms with Crippen LogP contribution in [0.4, 0.5) is 0 Å². The first kappa shape index (κ1) is 10.8. The first-order chi connectivity index (χ1) is 4.83. The molecule has 0 saturated heterocycles. The topological polar surface area (TPSA) is 104 Å². The molecule has 0 aromatic carbocycles. The molecule has 0 radical (unpaired) electrons. The normalized spacial score (nSPS) is 14.5. The van der Waals surface area contributed by atoms with Gasteiger partial charge in [0.05, 0.1) is 0 Å². The van der Waals surface area contributed by atoms with Gasteiger partial charge in [0.2, 0.25) is 0 Å². The number of hydrogen-bond donors (Lipinski definition) is 4. The van der Waals surface area contributed by atoms with E-state index < -0.39 is 19.7 Å². The Balaban J connectivity index is 3.63. The number of aliphatic carboxylic acids is 1. The van der Waals surface area contributed by atoms with Gasteiger partial charge in [-0.2, -0.15) is 0 Å². The molecule has 5 nitrogen and oxygen atoms in total. The zero-order chi connectivity index (χ0) is 9.07. The monoisotopic (exact) mass is 182 g/mol. The van der Waals surface area contributed by atoms with Crippen LogP contribution >= 0.6 is 7.72 Å². The van der Waals surface area contributed by atoms with Crippen molar-refractivity contribution in [2.75, 3.05) is 12.8 Å². The SMILES string of the molecule is C[P+](O)(O)CC[C@H](N)C(=O)O. The number of rotatable bonds is 4. The van der Waals surface area contributed by atoms with Gasteiger partial charge in [-0.3, -0.25) is 4.79 Å². The highest BCUT2D eigenvalue weighted by Crippen LogP contribution is 2.45. The molecule has 0 bridgehead atoms. The molecule has 11 heavy (non-hydrogen) atoms. The lowest BCUT2D eigenvalue weighted by Gasteiger charge is -2.08. The Bertz CT molecular complexity index is 144. The van der Waals surface area contributed by atoms with Gasteiger partial charge in [0.25, 0.3) is 7.72 Å². The predicted octanol–water partition coefficient (Wildman–Crippen LogP) is -0.750. The van der Waals surface area contributed by atoms with E-state index in [1.54, 1.807) is 0 Å². The maximum absolute atomic E-state index is 10.1. The summed E-state index contributed by atoms with van der Waals surface area (Å²) in [6.07, 6.45) is 0.174. The molecule has 0 unspecified atom stereocenters. The van der Waals surface area contributed by atoms with Gasteiger partial charge in [-0.1, -0.05) is 0 Å². The van der Waals surface area contributed by atoms with E-state index in [4.69, 9.17) is 20.6 Å². The summed E-state index contributed by atoms with van der Waals surface area (Å²) in [5.41, 5.74) is 5.12. The van der Waals surface area contributed by atoms with E-state index in [2.05, 4.69) is 0 Å². The van der Waals surface area contributed by atoms with Crippen molar-refractivity contribution in [3.05, 3.63) is 0 Å². The lowest BCUT2D eigenvalue weighted by Crippen LogP contribution is -2.31. The highest BCUT2D eigenvalue weighted by atomic mass is 31.2. The quantitative estimate of drug-likeness (QED) is 0.428. The molecule has 0 aliphatic rings. The second-order valence-electron chi connectivity index (χ2n) is 2.55. The standard InChI is InChI=1S/C5H12NO4P/c1-11(9,10)3-2-4(6)5(7)8/h4,9-10H,2-3,6H2,1H3/p+1/t4-/m0/s1. The third kappa shape index (κ3) is 6.19. The lowest BCUT2D eigenvalue weighted by atomic mass is 10.2. The minimum atomic E-state index is -2.85. The molecule has 0 spiro atoms. The molecular weight excluding hydrogens is 169 g/mol. The summed E-state index contributed by atoms with van der Waals surface area (Å²) in [4.78, 5) is 27.9. The summed E-state index contributed by atoms with van der Waals surface area (Å²) in [5, 5.41) is 8.30. The van der Waals surface area contributed by atoms with Crippen LogP contribution in [-0.4, -0.2) is 39.7 Å². The molecule has 0 aliphatic heterocycles. The fraction of sp³-hybridized carbons (Fsp3) is 0.800. The Morgan fingerprint density at radius 1 is 1.64 bits per heavy atom. The molecule has 0 aromatic heterocycles. The minimum absolute atomic E-state index is 0.0699. The molecule has 6 heteroatoms. The van der Waals surface area contributed by atoms with E-state index in [9.17, 15) is 4.79 Å². The van der Waals surface area contributed by atoms with Crippen molar-refractivity contribution in [1.82, 2.24) is 0 Å². The smallest absolute Gasteiger partial charge is 0.320 e. The van der Waals surface area contributed by atoms with Gasteiger partial charge in [-0.25, -0.2) is 9.79 Å². The second kappa shape index (κ2) is 3.97. The third-order valence-electron chi connectivity index (χ3n) is 1.18. The van der Waals surface area contributed by atoms with Crippen LogP contribution < -0.4 is 5.73 Å². The lowest BCUT2D eigenvalue weighted by molar-refractivity contribution is -0.138. The fourth-order valence-electron chi connectivity index (χ4n) is 0.507. The summed E-state index contributed by atoms with van der Waals surface area (Å²) in [5.74, 6) is -1.11. The highest BCUT2D eigenvalue weighted by Gasteiger charge is 2.27. The summed E-state index contributed by atoms with van der Waals surface area (Å²) in [6, 6.07) is -0.992. The first-order valence-electron chi connectivity index (χ1n) is 3.12. The average Bonchev–Trinajstić information content (AvgIpc) is 1.80. The fourth-order valence-corrected chi connectivity index (χ4v) is 1.27. The first-order valence-corrected chi connectivity index (χ1v) is 5.45. The van der Waals surface area contributed by atoms with Gasteiger partial charge in [-0.05, 0) is 0 Å². The molecule has 0 aliphatic carbocycles. The van der Waals surface area contributed by atoms with E-state index in [-0.39, 0.29) is 12.6 Å². The maximum atomic E-state index is 10.1. The molecule has 66 valence electrons. The van der Waals surface area contributed by atoms with E-state index in [0.29, 0.717) is 0 Å². The van der Waals surface area contributed by atoms with E-state index >= 15 is 0 Å². The summed E-state index contributed by atoms with van der Waals surface area (Å²) in [7, 11) is -2.85. The predicted molar refractivity (Wildman–Crippen MR) is 42.4 cm³/mol. The van der Waals surface area contributed by atoms with Crippen molar-refractivity contribution < 1.29 is 19.7 Å². The van der Waals surface area contributed by atoms with Crippen LogP contribution in [0.5, 0.6) is 0 Å². The van der Waals surface area contributed by atoms with Crippen molar-refractivity contribution in [1.29, 1.82) is 0 Å². The molecule has 0 aromatic rings. The second-order valence-corrected chi connectivity index (χ2v) is 5.17. The van der Waals surface area contributed by atoms with Crippen molar-refractivity contribution in [2.24, 2.45) is 5.73 Å².